The van der Waals surface area contributed by atoms with E-state index in [9.17, 15) is 14.4 Å². The summed E-state index contributed by atoms with van der Waals surface area (Å²) < 4.78 is 10.1. The summed E-state index contributed by atoms with van der Waals surface area (Å²) in [5, 5.41) is 3.00. The third kappa shape index (κ3) is 4.94. The zero-order valence-corrected chi connectivity index (χ0v) is 15.9. The smallest absolute Gasteiger partial charge is 0.291 e. The maximum absolute atomic E-state index is 12.3. The predicted octanol–water partition coefficient (Wildman–Crippen LogP) is 3.27. The fourth-order valence-electron chi connectivity index (χ4n) is 2.42. The van der Waals surface area contributed by atoms with E-state index in [0.717, 1.165) is 0 Å². The molecule has 3 amide bonds. The Labute approximate surface area is 170 Å². The molecule has 0 aliphatic carbocycles. The Bertz CT molecular complexity index is 1030. The lowest BCUT2D eigenvalue weighted by atomic mass is 10.2. The van der Waals surface area contributed by atoms with Gasteiger partial charge in [-0.1, -0.05) is 11.6 Å². The van der Waals surface area contributed by atoms with Gasteiger partial charge in [-0.25, -0.2) is 0 Å². The van der Waals surface area contributed by atoms with Crippen LogP contribution in [0.25, 0.3) is 0 Å². The third-order valence-corrected chi connectivity index (χ3v) is 4.08. The first-order valence-electron chi connectivity index (χ1n) is 8.37. The molecule has 9 heteroatoms. The Kier molecular flexibility index (Phi) is 6.16. The minimum absolute atomic E-state index is 0.172. The summed E-state index contributed by atoms with van der Waals surface area (Å²) in [4.78, 5) is 36.4. The molecule has 1 aromatic heterocycles. The molecule has 0 aliphatic rings. The van der Waals surface area contributed by atoms with Gasteiger partial charge < -0.3 is 14.5 Å². The van der Waals surface area contributed by atoms with Gasteiger partial charge in [0.2, 0.25) is 0 Å². The average molecular weight is 414 g/mol. The van der Waals surface area contributed by atoms with E-state index in [2.05, 4.69) is 16.2 Å². The van der Waals surface area contributed by atoms with Crippen molar-refractivity contribution in [3.05, 3.63) is 82.8 Å². The number of ether oxygens (including phenoxy) is 1. The predicted molar refractivity (Wildman–Crippen MR) is 106 cm³/mol. The van der Waals surface area contributed by atoms with Crippen LogP contribution in [0.4, 0.5) is 5.69 Å². The van der Waals surface area contributed by atoms with Gasteiger partial charge in [0, 0.05) is 16.3 Å². The molecule has 1 heterocycles. The molecular formula is C20H16ClN3O5. The van der Waals surface area contributed by atoms with Crippen LogP contribution < -0.4 is 20.9 Å². The van der Waals surface area contributed by atoms with E-state index in [1.165, 1.54) is 37.6 Å². The number of methoxy groups -OCH3 is 1. The summed E-state index contributed by atoms with van der Waals surface area (Å²) in [6, 6.07) is 13.8. The molecule has 0 atom stereocenters. The second kappa shape index (κ2) is 8.94. The summed E-state index contributed by atoms with van der Waals surface area (Å²) in [5.41, 5.74) is 5.55. The van der Waals surface area contributed by atoms with Crippen LogP contribution in [-0.2, 0) is 0 Å². The maximum atomic E-state index is 12.3. The number of benzene rings is 2. The minimum atomic E-state index is -0.583. The van der Waals surface area contributed by atoms with Crippen molar-refractivity contribution in [1.29, 1.82) is 0 Å². The van der Waals surface area contributed by atoms with Gasteiger partial charge in [0.1, 0.15) is 5.75 Å². The van der Waals surface area contributed by atoms with Crippen LogP contribution in [0.5, 0.6) is 5.75 Å². The Morgan fingerprint density at radius 3 is 2.31 bits per heavy atom. The highest BCUT2D eigenvalue weighted by atomic mass is 35.5. The molecule has 0 unspecified atom stereocenters. The van der Waals surface area contributed by atoms with E-state index < -0.39 is 17.7 Å². The summed E-state index contributed by atoms with van der Waals surface area (Å²) in [6.07, 6.45) is 1.40. The molecule has 0 spiro atoms. The van der Waals surface area contributed by atoms with Crippen LogP contribution >= 0.6 is 11.6 Å². The van der Waals surface area contributed by atoms with Gasteiger partial charge in [-0.2, -0.15) is 0 Å². The van der Waals surface area contributed by atoms with Crippen LogP contribution in [0.3, 0.4) is 0 Å². The minimum Gasteiger partial charge on any atom is -0.496 e. The number of rotatable bonds is 5. The number of anilines is 1. The van der Waals surface area contributed by atoms with Crippen molar-refractivity contribution >= 4 is 35.0 Å². The van der Waals surface area contributed by atoms with Crippen LogP contribution in [0.1, 0.15) is 31.3 Å². The summed E-state index contributed by atoms with van der Waals surface area (Å²) in [5.74, 6) is -1.04. The van der Waals surface area contributed by atoms with E-state index in [1.54, 1.807) is 30.3 Å². The largest absolute Gasteiger partial charge is 0.496 e. The van der Waals surface area contributed by atoms with Crippen molar-refractivity contribution in [1.82, 2.24) is 10.9 Å². The zero-order valence-electron chi connectivity index (χ0n) is 15.2. The molecule has 0 saturated heterocycles. The number of furan rings is 1. The van der Waals surface area contributed by atoms with Crippen LogP contribution in [0.15, 0.2) is 65.3 Å². The Morgan fingerprint density at radius 2 is 1.66 bits per heavy atom. The lowest BCUT2D eigenvalue weighted by Crippen LogP contribution is -2.41. The number of hydrogen-bond acceptors (Lipinski definition) is 5. The van der Waals surface area contributed by atoms with Crippen LogP contribution in [-0.4, -0.2) is 24.8 Å². The molecule has 148 valence electrons. The highest BCUT2D eigenvalue weighted by Crippen LogP contribution is 2.22. The third-order valence-electron chi connectivity index (χ3n) is 3.85. The second-order valence-corrected chi connectivity index (χ2v) is 6.20. The lowest BCUT2D eigenvalue weighted by Gasteiger charge is -2.11. The Balaban J connectivity index is 1.59. The van der Waals surface area contributed by atoms with Crippen molar-refractivity contribution in [2.45, 2.75) is 0 Å². The number of halogens is 1. The monoisotopic (exact) mass is 413 g/mol. The lowest BCUT2D eigenvalue weighted by molar-refractivity contribution is 0.0845. The number of hydrazine groups is 1. The normalized spacial score (nSPS) is 10.1. The first-order chi connectivity index (χ1) is 14.0. The van der Waals surface area contributed by atoms with Gasteiger partial charge in [0.05, 0.1) is 18.9 Å². The average Bonchev–Trinajstić information content (AvgIpc) is 3.27. The molecule has 2 aromatic carbocycles. The first-order valence-corrected chi connectivity index (χ1v) is 8.75. The van der Waals surface area contributed by atoms with E-state index in [-0.39, 0.29) is 16.9 Å². The molecule has 8 nitrogen and oxygen atoms in total. The molecule has 0 radical (unpaired) electrons. The Morgan fingerprint density at radius 1 is 0.931 bits per heavy atom. The standard InChI is InChI=1S/C20H16ClN3O5/c1-28-16-9-6-13(21)11-15(16)19(26)24-23-18(25)12-4-7-14(8-5-12)22-20(27)17-3-2-10-29-17/h2-11H,1H3,(H,22,27)(H,23,25)(H,24,26). The van der Waals surface area contributed by atoms with Crippen molar-refractivity contribution < 1.29 is 23.5 Å². The van der Waals surface area contributed by atoms with Crippen molar-refractivity contribution in [2.24, 2.45) is 0 Å². The topological polar surface area (TPSA) is 110 Å². The van der Waals surface area contributed by atoms with E-state index in [1.807, 2.05) is 0 Å². The number of carbonyl (C=O) groups excluding carboxylic acids is 3. The van der Waals surface area contributed by atoms with Crippen molar-refractivity contribution in [2.75, 3.05) is 12.4 Å². The molecule has 3 rings (SSSR count). The van der Waals surface area contributed by atoms with Gasteiger partial charge in [-0.15, -0.1) is 0 Å². The fourth-order valence-corrected chi connectivity index (χ4v) is 2.59. The maximum Gasteiger partial charge on any atom is 0.291 e. The molecule has 0 saturated carbocycles. The molecular weight excluding hydrogens is 398 g/mol. The molecule has 29 heavy (non-hydrogen) atoms. The highest BCUT2D eigenvalue weighted by molar-refractivity contribution is 6.31. The van der Waals surface area contributed by atoms with Gasteiger partial charge in [-0.05, 0) is 54.6 Å². The van der Waals surface area contributed by atoms with Crippen molar-refractivity contribution in [3.8, 4) is 5.75 Å². The van der Waals surface area contributed by atoms with Gasteiger partial charge in [0.25, 0.3) is 17.7 Å². The van der Waals surface area contributed by atoms with Crippen LogP contribution in [0.2, 0.25) is 5.02 Å². The van der Waals surface area contributed by atoms with E-state index >= 15 is 0 Å². The highest BCUT2D eigenvalue weighted by Gasteiger charge is 2.15. The van der Waals surface area contributed by atoms with Gasteiger partial charge >= 0.3 is 0 Å². The second-order valence-electron chi connectivity index (χ2n) is 5.76. The fraction of sp³-hybridized carbons (Fsp3) is 0.0500. The van der Waals surface area contributed by atoms with Gasteiger partial charge in [0.15, 0.2) is 5.76 Å². The summed E-state index contributed by atoms with van der Waals surface area (Å²) in [6.45, 7) is 0. The van der Waals surface area contributed by atoms with Crippen molar-refractivity contribution in [3.63, 3.8) is 0 Å². The number of nitrogens with one attached hydrogen (secondary N) is 3. The Hall–Kier alpha value is -3.78. The SMILES string of the molecule is COc1ccc(Cl)cc1C(=O)NNC(=O)c1ccc(NC(=O)c2ccco2)cc1. The summed E-state index contributed by atoms with van der Waals surface area (Å²) >= 11 is 5.90. The quantitative estimate of drug-likeness (QED) is 0.556. The first kappa shape index (κ1) is 20.0. The molecule has 0 aliphatic heterocycles. The zero-order chi connectivity index (χ0) is 20.8. The number of amides is 3. The molecule has 3 N–H and O–H groups in total. The van der Waals surface area contributed by atoms with Crippen LogP contribution in [0, 0.1) is 0 Å². The molecule has 0 fully saturated rings. The number of hydrogen-bond donors (Lipinski definition) is 3. The summed E-state index contributed by atoms with van der Waals surface area (Å²) in [7, 11) is 1.42. The van der Waals surface area contributed by atoms with E-state index in [0.29, 0.717) is 16.5 Å². The number of carbonyl (C=O) groups is 3. The van der Waals surface area contributed by atoms with Gasteiger partial charge in [-0.3, -0.25) is 25.2 Å². The van der Waals surface area contributed by atoms with E-state index in [4.69, 9.17) is 20.8 Å². The molecule has 0 bridgehead atoms. The molecule has 3 aromatic rings.